The Balaban J connectivity index is 2.02. The molecule has 1 aromatic carbocycles. The lowest BCUT2D eigenvalue weighted by Crippen LogP contribution is -2.09. The molecular formula is C14H15BrN2. The molecular weight excluding hydrogens is 276 g/mol. The fraction of sp³-hybridized carbons (Fsp3) is 0.357. The first kappa shape index (κ1) is 11.0. The van der Waals surface area contributed by atoms with Gasteiger partial charge in [-0.2, -0.15) is 0 Å². The fourth-order valence-corrected chi connectivity index (χ4v) is 2.66. The highest BCUT2D eigenvalue weighted by Gasteiger charge is 2.45. The van der Waals surface area contributed by atoms with E-state index in [0.717, 1.165) is 10.3 Å². The average Bonchev–Trinajstić information content (AvgIpc) is 2.88. The molecule has 0 bridgehead atoms. The predicted molar refractivity (Wildman–Crippen MR) is 75.3 cm³/mol. The van der Waals surface area contributed by atoms with Gasteiger partial charge in [-0.05, 0) is 24.0 Å². The maximum atomic E-state index is 4.46. The first-order valence-corrected chi connectivity index (χ1v) is 6.67. The molecule has 1 N–H and O–H groups in total. The van der Waals surface area contributed by atoms with Crippen molar-refractivity contribution < 1.29 is 0 Å². The second kappa shape index (κ2) is 3.70. The van der Waals surface area contributed by atoms with E-state index < -0.39 is 0 Å². The first-order valence-electron chi connectivity index (χ1n) is 5.88. The van der Waals surface area contributed by atoms with E-state index in [-0.39, 0.29) is 0 Å². The van der Waals surface area contributed by atoms with Gasteiger partial charge in [-0.3, -0.25) is 0 Å². The molecule has 1 aliphatic carbocycles. The summed E-state index contributed by atoms with van der Waals surface area (Å²) in [6, 6.07) is 8.83. The van der Waals surface area contributed by atoms with Gasteiger partial charge in [0, 0.05) is 27.5 Å². The van der Waals surface area contributed by atoms with Crippen LogP contribution >= 0.6 is 15.9 Å². The van der Waals surface area contributed by atoms with Gasteiger partial charge in [-0.15, -0.1) is 0 Å². The lowest BCUT2D eigenvalue weighted by Gasteiger charge is -2.10. The van der Waals surface area contributed by atoms with E-state index in [1.54, 1.807) is 0 Å². The van der Waals surface area contributed by atoms with E-state index in [1.807, 2.05) is 12.3 Å². The van der Waals surface area contributed by atoms with Crippen molar-refractivity contribution >= 4 is 32.5 Å². The third kappa shape index (κ3) is 1.93. The van der Waals surface area contributed by atoms with Gasteiger partial charge in [0.05, 0.1) is 0 Å². The number of benzene rings is 1. The standard InChI is InChI=1S/C14H15BrN2/c1-14(2)8-12(14)17-13-10-4-3-5-11(15)9(10)6-7-16-13/h3-7,12H,8H2,1-2H3,(H,16,17). The highest BCUT2D eigenvalue weighted by atomic mass is 79.9. The van der Waals surface area contributed by atoms with Gasteiger partial charge in [0.15, 0.2) is 0 Å². The molecule has 1 aliphatic rings. The summed E-state index contributed by atoms with van der Waals surface area (Å²) in [4.78, 5) is 4.46. The van der Waals surface area contributed by atoms with Crippen molar-refractivity contribution in [3.63, 3.8) is 0 Å². The molecule has 88 valence electrons. The molecule has 2 nitrogen and oxygen atoms in total. The summed E-state index contributed by atoms with van der Waals surface area (Å²) in [5, 5.41) is 5.94. The summed E-state index contributed by atoms with van der Waals surface area (Å²) in [5.74, 6) is 0.999. The van der Waals surface area contributed by atoms with Crippen LogP contribution in [-0.4, -0.2) is 11.0 Å². The van der Waals surface area contributed by atoms with E-state index in [9.17, 15) is 0 Å². The van der Waals surface area contributed by atoms with Crippen LogP contribution in [0.15, 0.2) is 34.9 Å². The number of aromatic nitrogens is 1. The predicted octanol–water partition coefficient (Wildman–Crippen LogP) is 4.21. The van der Waals surface area contributed by atoms with Gasteiger partial charge in [0.1, 0.15) is 5.82 Å². The topological polar surface area (TPSA) is 24.9 Å². The van der Waals surface area contributed by atoms with Crippen molar-refractivity contribution in [2.45, 2.75) is 26.3 Å². The van der Waals surface area contributed by atoms with Crippen LogP contribution in [0.25, 0.3) is 10.8 Å². The Morgan fingerprint density at radius 1 is 1.29 bits per heavy atom. The maximum absolute atomic E-state index is 4.46. The van der Waals surface area contributed by atoms with E-state index in [2.05, 4.69) is 58.3 Å². The second-order valence-corrected chi connectivity index (χ2v) is 6.24. The molecule has 1 saturated carbocycles. The summed E-state index contributed by atoms with van der Waals surface area (Å²) < 4.78 is 1.12. The second-order valence-electron chi connectivity index (χ2n) is 5.38. The molecule has 1 aromatic heterocycles. The normalized spacial score (nSPS) is 21.5. The number of nitrogens with zero attached hydrogens (tertiary/aromatic N) is 1. The third-order valence-corrected chi connectivity index (χ3v) is 4.27. The monoisotopic (exact) mass is 290 g/mol. The highest BCUT2D eigenvalue weighted by molar-refractivity contribution is 9.10. The first-order chi connectivity index (χ1) is 8.08. The van der Waals surface area contributed by atoms with Gasteiger partial charge < -0.3 is 5.32 Å². The molecule has 1 heterocycles. The van der Waals surface area contributed by atoms with Crippen LogP contribution < -0.4 is 5.32 Å². The van der Waals surface area contributed by atoms with E-state index >= 15 is 0 Å². The van der Waals surface area contributed by atoms with Crippen molar-refractivity contribution in [2.75, 3.05) is 5.32 Å². The zero-order valence-corrected chi connectivity index (χ0v) is 11.6. The molecule has 1 atom stereocenters. The number of anilines is 1. The van der Waals surface area contributed by atoms with Gasteiger partial charge in [-0.25, -0.2) is 4.98 Å². The Morgan fingerprint density at radius 2 is 2.06 bits per heavy atom. The minimum Gasteiger partial charge on any atom is -0.366 e. The number of hydrogen-bond acceptors (Lipinski definition) is 2. The molecule has 17 heavy (non-hydrogen) atoms. The zero-order valence-electron chi connectivity index (χ0n) is 10.00. The zero-order chi connectivity index (χ0) is 12.0. The Labute approximate surface area is 110 Å². The molecule has 0 spiro atoms. The Bertz CT molecular complexity index is 577. The Hall–Kier alpha value is -1.09. The smallest absolute Gasteiger partial charge is 0.134 e. The van der Waals surface area contributed by atoms with Gasteiger partial charge in [0.2, 0.25) is 0 Å². The van der Waals surface area contributed by atoms with E-state index in [4.69, 9.17) is 0 Å². The Kier molecular flexibility index (Phi) is 2.40. The number of rotatable bonds is 2. The molecule has 0 aliphatic heterocycles. The molecule has 0 radical (unpaired) electrons. The van der Waals surface area contributed by atoms with E-state index in [1.165, 1.54) is 17.2 Å². The van der Waals surface area contributed by atoms with Gasteiger partial charge in [-0.1, -0.05) is 41.9 Å². The summed E-state index contributed by atoms with van der Waals surface area (Å²) in [6.45, 7) is 4.57. The number of fused-ring (bicyclic) bond motifs is 1. The molecule has 1 unspecified atom stereocenters. The van der Waals surface area contributed by atoms with Crippen LogP contribution in [0, 0.1) is 5.41 Å². The molecule has 0 amide bonds. The van der Waals surface area contributed by atoms with Crippen molar-refractivity contribution in [3.8, 4) is 0 Å². The van der Waals surface area contributed by atoms with Crippen molar-refractivity contribution in [3.05, 3.63) is 34.9 Å². The van der Waals surface area contributed by atoms with Crippen LogP contribution in [-0.2, 0) is 0 Å². The summed E-state index contributed by atoms with van der Waals surface area (Å²) in [5.41, 5.74) is 0.413. The molecule has 3 rings (SSSR count). The quantitative estimate of drug-likeness (QED) is 0.896. The molecule has 2 aromatic rings. The average molecular weight is 291 g/mol. The van der Waals surface area contributed by atoms with Crippen molar-refractivity contribution in [2.24, 2.45) is 5.41 Å². The van der Waals surface area contributed by atoms with Crippen molar-refractivity contribution in [1.29, 1.82) is 0 Å². The molecule has 1 fully saturated rings. The van der Waals surface area contributed by atoms with Crippen molar-refractivity contribution in [1.82, 2.24) is 4.98 Å². The summed E-state index contributed by atoms with van der Waals surface area (Å²) in [6.07, 6.45) is 3.09. The number of halogens is 1. The van der Waals surface area contributed by atoms with Crippen LogP contribution in [0.4, 0.5) is 5.82 Å². The molecule has 0 saturated heterocycles. The number of nitrogens with one attached hydrogen (secondary N) is 1. The minimum atomic E-state index is 0.413. The molecule has 3 heteroatoms. The van der Waals surface area contributed by atoms with Crippen LogP contribution in [0.2, 0.25) is 0 Å². The number of pyridine rings is 1. The summed E-state index contributed by atoms with van der Waals surface area (Å²) >= 11 is 3.58. The fourth-order valence-electron chi connectivity index (χ4n) is 2.16. The van der Waals surface area contributed by atoms with Crippen LogP contribution in [0.5, 0.6) is 0 Å². The van der Waals surface area contributed by atoms with Crippen LogP contribution in [0.3, 0.4) is 0 Å². The highest BCUT2D eigenvalue weighted by Crippen LogP contribution is 2.47. The maximum Gasteiger partial charge on any atom is 0.134 e. The Morgan fingerprint density at radius 3 is 2.76 bits per heavy atom. The lowest BCUT2D eigenvalue weighted by molar-refractivity contribution is 0.630. The SMILES string of the molecule is CC1(C)CC1Nc1nccc2c(Br)cccc12. The van der Waals surface area contributed by atoms with Gasteiger partial charge >= 0.3 is 0 Å². The lowest BCUT2D eigenvalue weighted by atomic mass is 10.1. The summed E-state index contributed by atoms with van der Waals surface area (Å²) in [7, 11) is 0. The van der Waals surface area contributed by atoms with E-state index in [0.29, 0.717) is 11.5 Å². The van der Waals surface area contributed by atoms with Crippen LogP contribution in [0.1, 0.15) is 20.3 Å². The van der Waals surface area contributed by atoms with Gasteiger partial charge in [0.25, 0.3) is 0 Å². The minimum absolute atomic E-state index is 0.413. The third-order valence-electron chi connectivity index (χ3n) is 3.58. The largest absolute Gasteiger partial charge is 0.366 e. The number of hydrogen-bond donors (Lipinski definition) is 1.